The van der Waals surface area contributed by atoms with Crippen molar-refractivity contribution in [2.45, 2.75) is 43.8 Å². The number of hydrogen-bond donors (Lipinski definition) is 7. The van der Waals surface area contributed by atoms with E-state index in [4.69, 9.17) is 29.3 Å². The lowest BCUT2D eigenvalue weighted by molar-refractivity contribution is -0.147. The smallest absolute Gasteiger partial charge is 0.382 e. The molecule has 0 spiro atoms. The summed E-state index contributed by atoms with van der Waals surface area (Å²) in [5.41, 5.74) is 4.34. The molecule has 0 amide bonds. The molecule has 3 rings (SSSR count). The largest absolute Gasteiger partial charge is 0.470 e. The minimum Gasteiger partial charge on any atom is -0.382 e. The summed E-state index contributed by atoms with van der Waals surface area (Å²) < 4.78 is 56.3. The van der Waals surface area contributed by atoms with Gasteiger partial charge < -0.3 is 39.8 Å². The predicted molar refractivity (Wildman–Crippen MR) is 118 cm³/mol. The molecule has 0 saturated carbocycles. The lowest BCUT2D eigenvalue weighted by Gasteiger charge is -2.36. The number of aromatic nitrogens is 4. The summed E-state index contributed by atoms with van der Waals surface area (Å²) in [6, 6.07) is 0. The van der Waals surface area contributed by atoms with Crippen LogP contribution in [0.1, 0.15) is 19.8 Å². The number of nitrogen functional groups attached to an aromatic ring is 1. The van der Waals surface area contributed by atoms with Crippen molar-refractivity contribution in [3.63, 3.8) is 0 Å². The van der Waals surface area contributed by atoms with Gasteiger partial charge in [0, 0.05) is 6.42 Å². The molecule has 2 aromatic heterocycles. The Kier molecular flexibility index (Phi) is 8.26. The molecule has 1 saturated heterocycles. The van der Waals surface area contributed by atoms with Crippen LogP contribution >= 0.6 is 23.5 Å². The first-order valence-corrected chi connectivity index (χ1v) is 14.4. The number of anilines is 1. The Morgan fingerprint density at radius 2 is 1.75 bits per heavy atom. The molecule has 0 aromatic carbocycles. The number of nitrogens with two attached hydrogens (primary N) is 1. The summed E-state index contributed by atoms with van der Waals surface area (Å²) in [6.45, 7) is 4.38. The third-order valence-electron chi connectivity index (χ3n) is 5.06. The molecule has 2 aromatic rings. The number of phosphoric ester groups is 3. The lowest BCUT2D eigenvalue weighted by atomic mass is 9.95. The highest BCUT2D eigenvalue weighted by atomic mass is 31.2. The number of imidazole rings is 1. The van der Waals surface area contributed by atoms with E-state index in [1.54, 1.807) is 6.92 Å². The second-order valence-electron chi connectivity index (χ2n) is 7.87. The molecule has 0 radical (unpaired) electrons. The Labute approximate surface area is 202 Å². The maximum atomic E-state index is 12.0. The second-order valence-corrected chi connectivity index (χ2v) is 11.5. The lowest BCUT2D eigenvalue weighted by Crippen LogP contribution is -2.47. The van der Waals surface area contributed by atoms with E-state index in [1.807, 2.05) is 0 Å². The number of rotatable bonds is 11. The molecule has 1 aliphatic rings. The van der Waals surface area contributed by atoms with Crippen molar-refractivity contribution < 1.29 is 61.4 Å². The second kappa shape index (κ2) is 10.3. The van der Waals surface area contributed by atoms with Crippen LogP contribution in [0.5, 0.6) is 0 Å². The molecule has 18 nitrogen and oxygen atoms in total. The number of fused-ring (bicyclic) bond motifs is 1. The summed E-state index contributed by atoms with van der Waals surface area (Å²) in [4.78, 5) is 68.5. The van der Waals surface area contributed by atoms with E-state index >= 15 is 0 Å². The van der Waals surface area contributed by atoms with Gasteiger partial charge in [0.2, 0.25) is 0 Å². The SMILES string of the molecule is C=C(C)CC[C@@]1(n2cnc3c(N)ncnc32)O[C@H](COP(=O)(O)O)[C@@H](OP(=O)(O)O)[C@H]1OP(=O)(O)O. The molecule has 36 heavy (non-hydrogen) atoms. The molecule has 0 aliphatic carbocycles. The number of ether oxygens (including phenoxy) is 1. The molecule has 21 heteroatoms. The first kappa shape index (κ1) is 28.9. The molecule has 3 heterocycles. The van der Waals surface area contributed by atoms with Crippen molar-refractivity contribution in [2.75, 3.05) is 12.3 Å². The topological polar surface area (TPSA) is 279 Å². The van der Waals surface area contributed by atoms with Crippen molar-refractivity contribution >= 4 is 40.4 Å². The van der Waals surface area contributed by atoms with Gasteiger partial charge in [-0.05, 0) is 13.3 Å². The Hall–Kier alpha value is -1.62. The van der Waals surface area contributed by atoms with E-state index in [2.05, 4.69) is 26.1 Å². The molecule has 0 bridgehead atoms. The van der Waals surface area contributed by atoms with Gasteiger partial charge in [-0.1, -0.05) is 5.57 Å². The zero-order valence-electron chi connectivity index (χ0n) is 18.5. The normalized spacial score (nSPS) is 25.5. The monoisotopic (exact) mass is 575 g/mol. The van der Waals surface area contributed by atoms with Crippen LogP contribution in [0.25, 0.3) is 11.2 Å². The highest BCUT2D eigenvalue weighted by Crippen LogP contribution is 2.54. The molecule has 8 N–H and O–H groups in total. The maximum absolute atomic E-state index is 12.0. The standard InChI is InChI=1S/C15H24N5O13P3/c1-8(2)3-4-15(20-7-19-10-13(16)17-6-18-14(10)20)12(33-36(27,28)29)11(32-35(24,25)26)9(31-15)5-30-34(21,22)23/h6-7,9,11-12H,1,3-5H2,2H3,(H2,16,17,18)(H2,21,22,23)(H2,24,25,26)(H2,27,28,29)/t9-,11-,12-,15-/m1/s1. The van der Waals surface area contributed by atoms with Gasteiger partial charge >= 0.3 is 23.5 Å². The summed E-state index contributed by atoms with van der Waals surface area (Å²) >= 11 is 0. The summed E-state index contributed by atoms with van der Waals surface area (Å²) in [5.74, 6) is -0.0661. The Morgan fingerprint density at radius 1 is 1.11 bits per heavy atom. The quantitative estimate of drug-likeness (QED) is 0.136. The van der Waals surface area contributed by atoms with E-state index in [-0.39, 0.29) is 29.8 Å². The maximum Gasteiger partial charge on any atom is 0.470 e. The zero-order valence-corrected chi connectivity index (χ0v) is 21.1. The fourth-order valence-electron chi connectivity index (χ4n) is 3.76. The predicted octanol–water partition coefficient (Wildman–Crippen LogP) is -0.119. The van der Waals surface area contributed by atoms with Crippen LogP contribution in [0, 0.1) is 0 Å². The third-order valence-corrected chi connectivity index (χ3v) is 6.57. The summed E-state index contributed by atoms with van der Waals surface area (Å²) in [5, 5.41) is 0. The van der Waals surface area contributed by atoms with Crippen molar-refractivity contribution in [3.8, 4) is 0 Å². The van der Waals surface area contributed by atoms with Crippen LogP contribution in [-0.4, -0.2) is 73.8 Å². The number of nitrogens with zero attached hydrogens (tertiary/aromatic N) is 4. The van der Waals surface area contributed by atoms with Gasteiger partial charge in [0.1, 0.15) is 30.2 Å². The van der Waals surface area contributed by atoms with Gasteiger partial charge in [0.15, 0.2) is 17.2 Å². The van der Waals surface area contributed by atoms with Crippen LogP contribution in [0.15, 0.2) is 24.8 Å². The Balaban J connectivity index is 2.26. The van der Waals surface area contributed by atoms with Gasteiger partial charge in [-0.2, -0.15) is 0 Å². The van der Waals surface area contributed by atoms with Crippen LogP contribution in [0.3, 0.4) is 0 Å². The van der Waals surface area contributed by atoms with Crippen LogP contribution in [-0.2, 0) is 37.7 Å². The average Bonchev–Trinajstić information content (AvgIpc) is 3.24. The first-order valence-electron chi connectivity index (χ1n) is 9.86. The average molecular weight is 575 g/mol. The van der Waals surface area contributed by atoms with E-state index in [0.29, 0.717) is 5.57 Å². The molecular formula is C15H24N5O13P3. The van der Waals surface area contributed by atoms with Crippen molar-refractivity contribution in [3.05, 3.63) is 24.8 Å². The van der Waals surface area contributed by atoms with Gasteiger partial charge in [0.25, 0.3) is 0 Å². The Bertz CT molecular complexity index is 1270. The highest BCUT2D eigenvalue weighted by Gasteiger charge is 2.61. The van der Waals surface area contributed by atoms with Crippen molar-refractivity contribution in [1.82, 2.24) is 19.5 Å². The summed E-state index contributed by atoms with van der Waals surface area (Å²) in [6.07, 6.45) is -3.69. The van der Waals surface area contributed by atoms with Crippen molar-refractivity contribution in [1.29, 1.82) is 0 Å². The molecule has 202 valence electrons. The minimum absolute atomic E-state index is 0.0185. The molecular weight excluding hydrogens is 551 g/mol. The van der Waals surface area contributed by atoms with Crippen LogP contribution in [0.2, 0.25) is 0 Å². The first-order chi connectivity index (χ1) is 16.4. The van der Waals surface area contributed by atoms with E-state index in [1.165, 1.54) is 0 Å². The van der Waals surface area contributed by atoms with Crippen LogP contribution in [0.4, 0.5) is 5.82 Å². The van der Waals surface area contributed by atoms with Crippen LogP contribution < -0.4 is 5.73 Å². The zero-order chi connectivity index (χ0) is 27.1. The third kappa shape index (κ3) is 6.82. The highest BCUT2D eigenvalue weighted by molar-refractivity contribution is 7.46. The Morgan fingerprint density at radius 3 is 2.31 bits per heavy atom. The number of allylic oxidation sites excluding steroid dienone is 1. The van der Waals surface area contributed by atoms with Gasteiger partial charge in [-0.25, -0.2) is 28.6 Å². The molecule has 4 atom stereocenters. The van der Waals surface area contributed by atoms with Gasteiger partial charge in [-0.3, -0.25) is 18.1 Å². The fraction of sp³-hybridized carbons (Fsp3) is 0.533. The fourth-order valence-corrected chi connectivity index (χ4v) is 5.24. The van der Waals surface area contributed by atoms with E-state index in [9.17, 15) is 33.3 Å². The molecule has 1 aliphatic heterocycles. The van der Waals surface area contributed by atoms with E-state index < -0.39 is 54.1 Å². The molecule has 0 unspecified atom stereocenters. The van der Waals surface area contributed by atoms with Crippen molar-refractivity contribution in [2.24, 2.45) is 0 Å². The molecule has 1 fully saturated rings. The number of phosphoric acid groups is 3. The van der Waals surface area contributed by atoms with Gasteiger partial charge in [-0.15, -0.1) is 6.58 Å². The number of hydrogen-bond acceptors (Lipinski definition) is 11. The van der Waals surface area contributed by atoms with Gasteiger partial charge in [0.05, 0.1) is 12.9 Å². The minimum atomic E-state index is -5.42. The van der Waals surface area contributed by atoms with E-state index in [0.717, 1.165) is 17.2 Å². The summed E-state index contributed by atoms with van der Waals surface area (Å²) in [7, 11) is -15.9.